The molecule has 3 aromatic rings. The average Bonchev–Trinajstić information content (AvgIpc) is 2.51. The van der Waals surface area contributed by atoms with Gasteiger partial charge >= 0.3 is 0 Å². The van der Waals surface area contributed by atoms with Gasteiger partial charge in [0.25, 0.3) is 0 Å². The van der Waals surface area contributed by atoms with Crippen LogP contribution in [-0.4, -0.2) is 0 Å². The molecule has 2 aromatic carbocycles. The minimum Gasteiger partial charge on any atom is -1.00 e. The van der Waals surface area contributed by atoms with Crippen LogP contribution in [0.4, 0.5) is 0 Å². The molecule has 0 unspecified atom stereocenters. The van der Waals surface area contributed by atoms with Crippen molar-refractivity contribution in [1.29, 1.82) is 0 Å². The third kappa shape index (κ3) is 4.04. The van der Waals surface area contributed by atoms with Crippen molar-refractivity contribution < 1.29 is 33.3 Å². The van der Waals surface area contributed by atoms with E-state index >= 15 is 0 Å². The highest BCUT2D eigenvalue weighted by Crippen LogP contribution is 2.25. The summed E-state index contributed by atoms with van der Waals surface area (Å²) in [6, 6.07) is 22.4. The van der Waals surface area contributed by atoms with Gasteiger partial charge in [-0.05, 0) is 23.3 Å². The molecule has 0 atom stereocenters. The van der Waals surface area contributed by atoms with Gasteiger partial charge in [0.2, 0.25) is 0 Å². The van der Waals surface area contributed by atoms with Crippen LogP contribution in [0.25, 0.3) is 11.1 Å². The molecule has 0 saturated carbocycles. The van der Waals surface area contributed by atoms with Gasteiger partial charge in [0.1, 0.15) is 18.5 Å². The number of pyridine rings is 1. The van der Waals surface area contributed by atoms with Crippen LogP contribution in [0.3, 0.4) is 0 Å². The molecule has 0 bridgehead atoms. The summed E-state index contributed by atoms with van der Waals surface area (Å²) in [7, 11) is 1.98. The van der Waals surface area contributed by atoms with E-state index in [-0.39, 0.29) is 24.0 Å². The second kappa shape index (κ2) is 7.22. The Balaban J connectivity index is 0.00000161. The Kier molecular flexibility index (Phi) is 5.33. The minimum absolute atomic E-state index is 0. The van der Waals surface area contributed by atoms with Gasteiger partial charge in [-0.2, -0.15) is 0 Å². The highest BCUT2D eigenvalue weighted by atomic mass is 127. The molecule has 3 heteroatoms. The van der Waals surface area contributed by atoms with Crippen molar-refractivity contribution in [3.63, 3.8) is 0 Å². The molecule has 0 aliphatic heterocycles. The summed E-state index contributed by atoms with van der Waals surface area (Å²) in [5.74, 6) is 1.69. The molecule has 0 spiro atoms. The third-order valence-corrected chi connectivity index (χ3v) is 3.15. The summed E-state index contributed by atoms with van der Waals surface area (Å²) in [5, 5.41) is 0. The number of ether oxygens (including phenoxy) is 1. The highest BCUT2D eigenvalue weighted by Gasteiger charge is 2.01. The third-order valence-electron chi connectivity index (χ3n) is 3.15. The first-order valence-corrected chi connectivity index (χ1v) is 6.60. The minimum atomic E-state index is 0. The fourth-order valence-electron chi connectivity index (χ4n) is 2.04. The molecule has 1 aromatic heterocycles. The number of nitrogens with zero attached hydrogens (tertiary/aromatic N) is 1. The molecule has 0 amide bonds. The van der Waals surface area contributed by atoms with Gasteiger partial charge in [-0.1, -0.05) is 42.5 Å². The number of benzene rings is 2. The second-order valence-corrected chi connectivity index (χ2v) is 4.69. The van der Waals surface area contributed by atoms with Crippen LogP contribution in [0.5, 0.6) is 11.5 Å². The van der Waals surface area contributed by atoms with Crippen molar-refractivity contribution in [2.75, 3.05) is 0 Å². The standard InChI is InChI=1S/C18H16NO.HI/c1-19-13-11-18(12-14-19)20-17-9-7-16(8-10-17)15-5-3-2-4-6-15;/h2-14H,1H3;1H/q+1;/p-1. The van der Waals surface area contributed by atoms with Crippen LogP contribution in [0, 0.1) is 0 Å². The van der Waals surface area contributed by atoms with Gasteiger partial charge in [-0.15, -0.1) is 0 Å². The zero-order chi connectivity index (χ0) is 13.8. The first-order chi connectivity index (χ1) is 9.81. The lowest BCUT2D eigenvalue weighted by atomic mass is 10.1. The lowest BCUT2D eigenvalue weighted by Gasteiger charge is -2.06. The summed E-state index contributed by atoms with van der Waals surface area (Å²) in [6.07, 6.45) is 3.93. The fourth-order valence-corrected chi connectivity index (χ4v) is 2.04. The summed E-state index contributed by atoms with van der Waals surface area (Å²) in [4.78, 5) is 0. The molecular formula is C18H16INO. The summed E-state index contributed by atoms with van der Waals surface area (Å²) >= 11 is 0. The maximum absolute atomic E-state index is 5.81. The van der Waals surface area contributed by atoms with Gasteiger partial charge in [0, 0.05) is 12.1 Å². The van der Waals surface area contributed by atoms with Crippen molar-refractivity contribution in [2.45, 2.75) is 0 Å². The van der Waals surface area contributed by atoms with Gasteiger partial charge < -0.3 is 28.7 Å². The zero-order valence-electron chi connectivity index (χ0n) is 11.7. The molecule has 0 aliphatic carbocycles. The Hall–Kier alpha value is -1.88. The average molecular weight is 389 g/mol. The van der Waals surface area contributed by atoms with Gasteiger partial charge in [0.15, 0.2) is 12.4 Å². The Bertz CT molecular complexity index is 679. The van der Waals surface area contributed by atoms with Gasteiger partial charge in [-0.3, -0.25) is 0 Å². The van der Waals surface area contributed by atoms with Crippen molar-refractivity contribution in [3.8, 4) is 22.6 Å². The summed E-state index contributed by atoms with van der Waals surface area (Å²) in [6.45, 7) is 0. The number of halogens is 1. The summed E-state index contributed by atoms with van der Waals surface area (Å²) in [5.41, 5.74) is 2.41. The predicted octanol–water partition coefficient (Wildman–Crippen LogP) is 0.974. The zero-order valence-corrected chi connectivity index (χ0v) is 13.9. The predicted molar refractivity (Wildman–Crippen MR) is 79.6 cm³/mol. The first kappa shape index (κ1) is 15.5. The molecule has 0 radical (unpaired) electrons. The number of rotatable bonds is 3. The quantitative estimate of drug-likeness (QED) is 0.481. The molecule has 3 rings (SSSR count). The van der Waals surface area contributed by atoms with E-state index in [9.17, 15) is 0 Å². The van der Waals surface area contributed by atoms with Crippen LogP contribution >= 0.6 is 0 Å². The van der Waals surface area contributed by atoms with E-state index in [1.165, 1.54) is 11.1 Å². The van der Waals surface area contributed by atoms with Crippen LogP contribution in [0.15, 0.2) is 79.1 Å². The number of aryl methyl sites for hydroxylation is 1. The Morgan fingerprint density at radius 3 is 1.81 bits per heavy atom. The van der Waals surface area contributed by atoms with Crippen LogP contribution < -0.4 is 33.3 Å². The molecular weight excluding hydrogens is 373 g/mol. The van der Waals surface area contributed by atoms with Crippen molar-refractivity contribution in [3.05, 3.63) is 79.1 Å². The largest absolute Gasteiger partial charge is 1.00 e. The maximum atomic E-state index is 5.81. The van der Waals surface area contributed by atoms with E-state index < -0.39 is 0 Å². The number of aromatic nitrogens is 1. The number of hydrogen-bond acceptors (Lipinski definition) is 1. The SMILES string of the molecule is C[n+]1ccc(Oc2ccc(-c3ccccc3)cc2)cc1.[I-]. The first-order valence-electron chi connectivity index (χ1n) is 6.60. The normalized spacial score (nSPS) is 9.76. The van der Waals surface area contributed by atoms with E-state index in [2.05, 4.69) is 24.3 Å². The highest BCUT2D eigenvalue weighted by molar-refractivity contribution is 5.64. The molecule has 0 saturated heterocycles. The van der Waals surface area contributed by atoms with Crippen LogP contribution in [0.1, 0.15) is 0 Å². The van der Waals surface area contributed by atoms with E-state index in [0.29, 0.717) is 0 Å². The molecule has 0 N–H and O–H groups in total. The number of hydrogen-bond donors (Lipinski definition) is 0. The topological polar surface area (TPSA) is 13.1 Å². The van der Waals surface area contributed by atoms with Crippen molar-refractivity contribution in [1.82, 2.24) is 0 Å². The molecule has 1 heterocycles. The summed E-state index contributed by atoms with van der Waals surface area (Å²) < 4.78 is 7.79. The van der Waals surface area contributed by atoms with Crippen molar-refractivity contribution in [2.24, 2.45) is 7.05 Å². The fraction of sp³-hybridized carbons (Fsp3) is 0.0556. The molecule has 106 valence electrons. The molecule has 0 fully saturated rings. The maximum Gasteiger partial charge on any atom is 0.172 e. The van der Waals surface area contributed by atoms with E-state index in [0.717, 1.165) is 11.5 Å². The van der Waals surface area contributed by atoms with E-state index in [4.69, 9.17) is 4.74 Å². The van der Waals surface area contributed by atoms with E-state index in [1.54, 1.807) is 0 Å². The molecule has 21 heavy (non-hydrogen) atoms. The van der Waals surface area contributed by atoms with Gasteiger partial charge in [-0.25, -0.2) is 4.57 Å². The lowest BCUT2D eigenvalue weighted by molar-refractivity contribution is -0.671. The van der Waals surface area contributed by atoms with Crippen LogP contribution in [0.2, 0.25) is 0 Å². The Morgan fingerprint density at radius 2 is 1.19 bits per heavy atom. The van der Waals surface area contributed by atoms with Crippen molar-refractivity contribution >= 4 is 0 Å². The smallest absolute Gasteiger partial charge is 0.172 e. The molecule has 0 aliphatic rings. The Labute approximate surface area is 142 Å². The van der Waals surface area contributed by atoms with Crippen LogP contribution in [-0.2, 0) is 7.05 Å². The lowest BCUT2D eigenvalue weighted by Crippen LogP contribution is -3.00. The van der Waals surface area contributed by atoms with E-state index in [1.807, 2.05) is 66.5 Å². The van der Waals surface area contributed by atoms with Gasteiger partial charge in [0.05, 0.1) is 0 Å². The Morgan fingerprint density at radius 1 is 0.667 bits per heavy atom. The molecule has 2 nitrogen and oxygen atoms in total. The monoisotopic (exact) mass is 389 g/mol. The second-order valence-electron chi connectivity index (χ2n) is 4.69.